The molecule has 2 rings (SSSR count). The van der Waals surface area contributed by atoms with Crippen LogP contribution in [0.2, 0.25) is 0 Å². The normalized spacial score (nSPS) is 20.6. The van der Waals surface area contributed by atoms with E-state index in [9.17, 15) is 0 Å². The lowest BCUT2D eigenvalue weighted by molar-refractivity contribution is 0.598. The zero-order valence-electron chi connectivity index (χ0n) is 10.2. The summed E-state index contributed by atoms with van der Waals surface area (Å²) in [6, 6.07) is 0.622. The summed E-state index contributed by atoms with van der Waals surface area (Å²) in [7, 11) is 2.10. The number of rotatable bonds is 4. The fraction of sp³-hybridized carbons (Fsp3) is 0.818. The minimum Gasteiger partial charge on any atom is -0.348 e. The molecule has 2 heterocycles. The fourth-order valence-electron chi connectivity index (χ4n) is 1.94. The second-order valence-corrected chi connectivity index (χ2v) is 5.49. The molecule has 1 unspecified atom stereocenters. The van der Waals surface area contributed by atoms with Gasteiger partial charge in [0.1, 0.15) is 5.82 Å². The third-order valence-electron chi connectivity index (χ3n) is 2.93. The molecular formula is C11H20N4S. The Morgan fingerprint density at radius 1 is 1.56 bits per heavy atom. The van der Waals surface area contributed by atoms with Crippen molar-refractivity contribution in [1.82, 2.24) is 14.7 Å². The van der Waals surface area contributed by atoms with E-state index in [1.54, 1.807) is 0 Å². The van der Waals surface area contributed by atoms with Crippen LogP contribution in [-0.4, -0.2) is 35.5 Å². The Bertz CT molecular complexity index is 330. The molecule has 5 heteroatoms. The maximum atomic E-state index is 4.56. The molecule has 0 amide bonds. The first-order chi connectivity index (χ1) is 7.66. The van der Waals surface area contributed by atoms with Crippen LogP contribution < -0.4 is 10.2 Å². The average molecular weight is 240 g/mol. The molecule has 1 aromatic rings. The smallest absolute Gasteiger partial charge is 0.205 e. The van der Waals surface area contributed by atoms with E-state index in [4.69, 9.17) is 0 Å². The fourth-order valence-corrected chi connectivity index (χ4v) is 2.71. The zero-order valence-corrected chi connectivity index (χ0v) is 11.0. The second-order valence-electron chi connectivity index (χ2n) is 4.76. The van der Waals surface area contributed by atoms with Gasteiger partial charge in [0.25, 0.3) is 0 Å². The summed E-state index contributed by atoms with van der Waals surface area (Å²) in [6.45, 7) is 6.45. The molecule has 0 aromatic carbocycles. The lowest BCUT2D eigenvalue weighted by Gasteiger charge is -2.19. The van der Waals surface area contributed by atoms with E-state index in [-0.39, 0.29) is 0 Å². The highest BCUT2D eigenvalue weighted by Crippen LogP contribution is 2.21. The van der Waals surface area contributed by atoms with E-state index in [2.05, 4.69) is 40.5 Å². The number of aromatic nitrogens is 2. The van der Waals surface area contributed by atoms with E-state index in [0.29, 0.717) is 12.0 Å². The van der Waals surface area contributed by atoms with Gasteiger partial charge in [-0.2, -0.15) is 4.37 Å². The van der Waals surface area contributed by atoms with Crippen molar-refractivity contribution in [3.8, 4) is 0 Å². The van der Waals surface area contributed by atoms with Crippen LogP contribution in [0.15, 0.2) is 0 Å². The molecule has 1 saturated heterocycles. The summed E-state index contributed by atoms with van der Waals surface area (Å²) >= 11 is 1.51. The van der Waals surface area contributed by atoms with Gasteiger partial charge in [-0.3, -0.25) is 0 Å². The molecule has 0 aliphatic carbocycles. The van der Waals surface area contributed by atoms with Gasteiger partial charge >= 0.3 is 0 Å². The van der Waals surface area contributed by atoms with Crippen molar-refractivity contribution in [2.24, 2.45) is 0 Å². The summed E-state index contributed by atoms with van der Waals surface area (Å²) in [4.78, 5) is 6.77. The maximum Gasteiger partial charge on any atom is 0.205 e. The van der Waals surface area contributed by atoms with Crippen LogP contribution in [0.4, 0.5) is 5.13 Å². The molecule has 1 N–H and O–H groups in total. The summed E-state index contributed by atoms with van der Waals surface area (Å²) in [5.41, 5.74) is 0. The largest absolute Gasteiger partial charge is 0.348 e. The third-order valence-corrected chi connectivity index (χ3v) is 3.78. The van der Waals surface area contributed by atoms with Crippen molar-refractivity contribution < 1.29 is 0 Å². The molecule has 90 valence electrons. The van der Waals surface area contributed by atoms with Crippen LogP contribution >= 0.6 is 11.5 Å². The Kier molecular flexibility index (Phi) is 3.76. The first-order valence-corrected chi connectivity index (χ1v) is 6.72. The molecule has 1 aliphatic heterocycles. The number of hydrogen-bond acceptors (Lipinski definition) is 5. The van der Waals surface area contributed by atoms with Gasteiger partial charge in [-0.25, -0.2) is 4.98 Å². The molecule has 1 aromatic heterocycles. The number of nitrogens with one attached hydrogen (secondary N) is 1. The Balaban J connectivity index is 1.94. The minimum absolute atomic E-state index is 0.419. The topological polar surface area (TPSA) is 41.1 Å². The van der Waals surface area contributed by atoms with Crippen molar-refractivity contribution in [3.63, 3.8) is 0 Å². The Morgan fingerprint density at radius 2 is 2.38 bits per heavy atom. The molecule has 16 heavy (non-hydrogen) atoms. The van der Waals surface area contributed by atoms with Crippen LogP contribution in [-0.2, 0) is 0 Å². The summed E-state index contributed by atoms with van der Waals surface area (Å²) in [6.07, 6.45) is 2.58. The van der Waals surface area contributed by atoms with Gasteiger partial charge < -0.3 is 10.2 Å². The molecule has 1 atom stereocenters. The molecule has 1 fully saturated rings. The van der Waals surface area contributed by atoms with Crippen molar-refractivity contribution in [3.05, 3.63) is 5.82 Å². The summed E-state index contributed by atoms with van der Waals surface area (Å²) in [5.74, 6) is 1.38. The van der Waals surface area contributed by atoms with Crippen LogP contribution in [0.3, 0.4) is 0 Å². The van der Waals surface area contributed by atoms with E-state index in [1.165, 1.54) is 24.4 Å². The second kappa shape index (κ2) is 5.10. The van der Waals surface area contributed by atoms with E-state index < -0.39 is 0 Å². The predicted octanol–water partition coefficient (Wildman–Crippen LogP) is 1.85. The van der Waals surface area contributed by atoms with Crippen LogP contribution in [0.5, 0.6) is 0 Å². The van der Waals surface area contributed by atoms with Gasteiger partial charge in [-0.05, 0) is 19.4 Å². The van der Waals surface area contributed by atoms with Crippen molar-refractivity contribution in [2.45, 2.75) is 38.6 Å². The lowest BCUT2D eigenvalue weighted by Crippen LogP contribution is -2.35. The first-order valence-electron chi connectivity index (χ1n) is 5.95. The first kappa shape index (κ1) is 11.8. The van der Waals surface area contributed by atoms with Crippen molar-refractivity contribution >= 4 is 16.7 Å². The Labute approximate surface area is 101 Å². The van der Waals surface area contributed by atoms with Gasteiger partial charge in [0.2, 0.25) is 5.13 Å². The Hall–Kier alpha value is -0.680. The van der Waals surface area contributed by atoms with Gasteiger partial charge in [-0.15, -0.1) is 0 Å². The molecule has 0 bridgehead atoms. The Morgan fingerprint density at radius 3 is 2.94 bits per heavy atom. The van der Waals surface area contributed by atoms with Crippen LogP contribution in [0, 0.1) is 0 Å². The van der Waals surface area contributed by atoms with Crippen molar-refractivity contribution in [1.29, 1.82) is 0 Å². The molecular weight excluding hydrogens is 220 g/mol. The number of likely N-dealkylation sites (N-methyl/N-ethyl adjacent to an activating group) is 1. The minimum atomic E-state index is 0.419. The number of hydrogen-bond donors (Lipinski definition) is 1. The zero-order chi connectivity index (χ0) is 11.5. The van der Waals surface area contributed by atoms with E-state index in [1.807, 2.05) is 0 Å². The average Bonchev–Trinajstić information content (AvgIpc) is 2.86. The van der Waals surface area contributed by atoms with Gasteiger partial charge in [-0.1, -0.05) is 13.8 Å². The maximum absolute atomic E-state index is 4.56. The van der Waals surface area contributed by atoms with Crippen molar-refractivity contribution in [2.75, 3.05) is 25.0 Å². The quantitative estimate of drug-likeness (QED) is 0.872. The molecule has 0 radical (unpaired) electrons. The van der Waals surface area contributed by atoms with E-state index >= 15 is 0 Å². The van der Waals surface area contributed by atoms with Gasteiger partial charge in [0.15, 0.2) is 0 Å². The van der Waals surface area contributed by atoms with Gasteiger partial charge in [0.05, 0.1) is 0 Å². The number of anilines is 1. The molecule has 4 nitrogen and oxygen atoms in total. The SMILES string of the molecule is CC(C)c1nsc(N(C)CC2CCCN2)n1. The third kappa shape index (κ3) is 2.71. The summed E-state index contributed by atoms with van der Waals surface area (Å²) in [5, 5.41) is 4.54. The highest BCUT2D eigenvalue weighted by molar-refractivity contribution is 7.09. The highest BCUT2D eigenvalue weighted by Gasteiger charge is 2.18. The monoisotopic (exact) mass is 240 g/mol. The van der Waals surface area contributed by atoms with Gasteiger partial charge in [0, 0.05) is 37.1 Å². The molecule has 1 aliphatic rings. The highest BCUT2D eigenvalue weighted by atomic mass is 32.1. The molecule has 0 saturated carbocycles. The standard InChI is InChI=1S/C11H20N4S/c1-8(2)10-13-11(16-14-10)15(3)7-9-5-4-6-12-9/h8-9,12H,4-7H2,1-3H3. The summed E-state index contributed by atoms with van der Waals surface area (Å²) < 4.78 is 4.38. The molecule has 0 spiro atoms. The number of nitrogens with zero attached hydrogens (tertiary/aromatic N) is 3. The van der Waals surface area contributed by atoms with Crippen LogP contribution in [0.1, 0.15) is 38.4 Å². The van der Waals surface area contributed by atoms with E-state index in [0.717, 1.165) is 24.0 Å². The predicted molar refractivity (Wildman–Crippen MR) is 68.3 cm³/mol. The van der Waals surface area contributed by atoms with Crippen LogP contribution in [0.25, 0.3) is 0 Å². The lowest BCUT2D eigenvalue weighted by atomic mass is 10.2.